The van der Waals surface area contributed by atoms with Crippen molar-refractivity contribution in [3.63, 3.8) is 0 Å². The van der Waals surface area contributed by atoms with Gasteiger partial charge >= 0.3 is 0 Å². The Morgan fingerprint density at radius 3 is 2.71 bits per heavy atom. The van der Waals surface area contributed by atoms with Crippen molar-refractivity contribution in [3.8, 4) is 11.6 Å². The topological polar surface area (TPSA) is 61.0 Å². The van der Waals surface area contributed by atoms with Crippen LogP contribution in [0.4, 0.5) is 0 Å². The summed E-state index contributed by atoms with van der Waals surface area (Å²) >= 11 is 6.19. The molecule has 3 rings (SSSR count). The van der Waals surface area contributed by atoms with Gasteiger partial charge < -0.3 is 10.5 Å². The second-order valence-corrected chi connectivity index (χ2v) is 4.96. The van der Waals surface area contributed by atoms with Gasteiger partial charge in [0.2, 0.25) is 5.88 Å². The van der Waals surface area contributed by atoms with Gasteiger partial charge in [0.15, 0.2) is 5.75 Å². The summed E-state index contributed by atoms with van der Waals surface area (Å²) in [7, 11) is 0. The van der Waals surface area contributed by atoms with Gasteiger partial charge in [-0.15, -0.1) is 0 Å². The Kier molecular flexibility index (Phi) is 3.99. The maximum Gasteiger partial charge on any atom is 0.222 e. The Morgan fingerprint density at radius 2 is 1.86 bits per heavy atom. The van der Waals surface area contributed by atoms with Gasteiger partial charge in [-0.25, -0.2) is 4.98 Å². The van der Waals surface area contributed by atoms with Crippen molar-refractivity contribution < 1.29 is 4.74 Å². The monoisotopic (exact) mass is 299 g/mol. The maximum atomic E-state index is 6.19. The summed E-state index contributed by atoms with van der Waals surface area (Å²) in [5, 5.41) is 1.50. The normalized spacial score (nSPS) is 10.8. The zero-order valence-electron chi connectivity index (χ0n) is 11.3. The standard InChI is InChI=1S/C16H14ClN3O/c17-13-5-6-14(15-12(13)4-2-9-19-15)21-16-11(7-8-18)3-1-10-20-16/h1-6,9-10H,7-8,18H2. The van der Waals surface area contributed by atoms with Gasteiger partial charge in [0.25, 0.3) is 0 Å². The van der Waals surface area contributed by atoms with E-state index < -0.39 is 0 Å². The van der Waals surface area contributed by atoms with Gasteiger partial charge in [-0.05, 0) is 43.3 Å². The molecule has 0 saturated heterocycles. The molecule has 0 spiro atoms. The van der Waals surface area contributed by atoms with Crippen LogP contribution in [0.5, 0.6) is 11.6 Å². The van der Waals surface area contributed by atoms with E-state index in [0.717, 1.165) is 10.9 Å². The molecule has 2 heterocycles. The van der Waals surface area contributed by atoms with Crippen molar-refractivity contribution in [2.24, 2.45) is 5.73 Å². The number of benzene rings is 1. The van der Waals surface area contributed by atoms with Gasteiger partial charge in [-0.3, -0.25) is 4.98 Å². The Morgan fingerprint density at radius 1 is 1.05 bits per heavy atom. The lowest BCUT2D eigenvalue weighted by molar-refractivity contribution is 0.460. The van der Waals surface area contributed by atoms with Crippen LogP contribution in [0.1, 0.15) is 5.56 Å². The van der Waals surface area contributed by atoms with Gasteiger partial charge in [0, 0.05) is 23.3 Å². The molecule has 4 nitrogen and oxygen atoms in total. The predicted molar refractivity (Wildman–Crippen MR) is 83.8 cm³/mol. The Labute approximate surface area is 127 Å². The molecule has 2 N–H and O–H groups in total. The smallest absolute Gasteiger partial charge is 0.222 e. The number of nitrogens with zero attached hydrogens (tertiary/aromatic N) is 2. The van der Waals surface area contributed by atoms with E-state index in [1.165, 1.54) is 0 Å². The highest BCUT2D eigenvalue weighted by Crippen LogP contribution is 2.33. The zero-order chi connectivity index (χ0) is 14.7. The Bertz CT molecular complexity index is 776. The van der Waals surface area contributed by atoms with Gasteiger partial charge in [0.05, 0.1) is 5.02 Å². The minimum absolute atomic E-state index is 0.543. The number of halogens is 1. The molecule has 0 radical (unpaired) electrons. The number of hydrogen-bond acceptors (Lipinski definition) is 4. The molecule has 21 heavy (non-hydrogen) atoms. The minimum Gasteiger partial charge on any atom is -0.436 e. The van der Waals surface area contributed by atoms with E-state index in [9.17, 15) is 0 Å². The average molecular weight is 300 g/mol. The fourth-order valence-corrected chi connectivity index (χ4v) is 2.38. The van der Waals surface area contributed by atoms with Gasteiger partial charge in [-0.2, -0.15) is 0 Å². The average Bonchev–Trinajstić information content (AvgIpc) is 2.52. The molecular formula is C16H14ClN3O. The lowest BCUT2D eigenvalue weighted by atomic mass is 10.2. The summed E-state index contributed by atoms with van der Waals surface area (Å²) in [6.45, 7) is 0.543. The van der Waals surface area contributed by atoms with Crippen LogP contribution in [-0.4, -0.2) is 16.5 Å². The minimum atomic E-state index is 0.543. The van der Waals surface area contributed by atoms with Crippen molar-refractivity contribution in [1.29, 1.82) is 0 Å². The summed E-state index contributed by atoms with van der Waals surface area (Å²) in [6, 6.07) is 11.2. The largest absolute Gasteiger partial charge is 0.436 e. The number of aromatic nitrogens is 2. The lowest BCUT2D eigenvalue weighted by Gasteiger charge is -2.11. The second-order valence-electron chi connectivity index (χ2n) is 4.55. The zero-order valence-corrected chi connectivity index (χ0v) is 12.0. The fourth-order valence-electron chi connectivity index (χ4n) is 2.16. The first kappa shape index (κ1) is 13.8. The van der Waals surface area contributed by atoms with Crippen LogP contribution in [0.3, 0.4) is 0 Å². The van der Waals surface area contributed by atoms with Crippen LogP contribution >= 0.6 is 11.6 Å². The number of rotatable bonds is 4. The summed E-state index contributed by atoms with van der Waals surface area (Å²) < 4.78 is 5.94. The first-order valence-corrected chi connectivity index (χ1v) is 7.02. The van der Waals surface area contributed by atoms with Crippen molar-refractivity contribution in [3.05, 3.63) is 59.4 Å². The van der Waals surface area contributed by atoms with E-state index in [1.807, 2.05) is 24.3 Å². The fraction of sp³-hybridized carbons (Fsp3) is 0.125. The highest BCUT2D eigenvalue weighted by Gasteiger charge is 2.10. The summed E-state index contributed by atoms with van der Waals surface area (Å²) in [6.07, 6.45) is 4.12. The van der Waals surface area contributed by atoms with Crippen LogP contribution in [0.15, 0.2) is 48.8 Å². The van der Waals surface area contributed by atoms with Crippen molar-refractivity contribution in [2.45, 2.75) is 6.42 Å². The summed E-state index contributed by atoms with van der Waals surface area (Å²) in [4.78, 5) is 8.64. The number of nitrogens with two attached hydrogens (primary N) is 1. The Hall–Kier alpha value is -2.17. The molecule has 0 aliphatic carbocycles. The highest BCUT2D eigenvalue weighted by molar-refractivity contribution is 6.35. The first-order chi connectivity index (χ1) is 10.3. The first-order valence-electron chi connectivity index (χ1n) is 6.64. The predicted octanol–water partition coefficient (Wildman–Crippen LogP) is 3.58. The van der Waals surface area contributed by atoms with E-state index in [1.54, 1.807) is 24.5 Å². The van der Waals surface area contributed by atoms with Crippen molar-refractivity contribution >= 4 is 22.5 Å². The molecule has 0 saturated carbocycles. The highest BCUT2D eigenvalue weighted by atomic mass is 35.5. The molecular weight excluding hydrogens is 286 g/mol. The molecule has 0 unspecified atom stereocenters. The molecule has 2 aromatic heterocycles. The van der Waals surface area contributed by atoms with Gasteiger partial charge in [-0.1, -0.05) is 17.7 Å². The number of pyridine rings is 2. The van der Waals surface area contributed by atoms with E-state index in [-0.39, 0.29) is 0 Å². The third-order valence-corrected chi connectivity index (χ3v) is 3.48. The van der Waals surface area contributed by atoms with Crippen LogP contribution < -0.4 is 10.5 Å². The quantitative estimate of drug-likeness (QED) is 0.800. The molecule has 1 aromatic carbocycles. The molecule has 0 bridgehead atoms. The second kappa shape index (κ2) is 6.08. The molecule has 0 fully saturated rings. The van der Waals surface area contributed by atoms with Crippen LogP contribution in [0.25, 0.3) is 10.9 Å². The molecule has 5 heteroatoms. The number of hydrogen-bond donors (Lipinski definition) is 1. The molecule has 0 aliphatic heterocycles. The summed E-state index contributed by atoms with van der Waals surface area (Å²) in [5.74, 6) is 1.18. The van der Waals surface area contributed by atoms with E-state index in [4.69, 9.17) is 22.1 Å². The van der Waals surface area contributed by atoms with Crippen LogP contribution in [0, 0.1) is 0 Å². The lowest BCUT2D eigenvalue weighted by Crippen LogP contribution is -2.05. The molecule has 0 aliphatic rings. The van der Waals surface area contributed by atoms with Gasteiger partial charge in [0.1, 0.15) is 5.52 Å². The third kappa shape index (κ3) is 2.82. The van der Waals surface area contributed by atoms with Crippen molar-refractivity contribution in [1.82, 2.24) is 9.97 Å². The number of fused-ring (bicyclic) bond motifs is 1. The molecule has 0 atom stereocenters. The van der Waals surface area contributed by atoms with E-state index >= 15 is 0 Å². The van der Waals surface area contributed by atoms with E-state index in [2.05, 4.69) is 9.97 Å². The third-order valence-electron chi connectivity index (χ3n) is 3.15. The molecule has 106 valence electrons. The SMILES string of the molecule is NCCc1cccnc1Oc1ccc(Cl)c2cccnc12. The van der Waals surface area contributed by atoms with Crippen LogP contribution in [-0.2, 0) is 6.42 Å². The number of ether oxygens (including phenoxy) is 1. The maximum absolute atomic E-state index is 6.19. The van der Waals surface area contributed by atoms with E-state index in [0.29, 0.717) is 35.1 Å². The van der Waals surface area contributed by atoms with Crippen LogP contribution in [0.2, 0.25) is 5.02 Å². The molecule has 0 amide bonds. The molecule has 3 aromatic rings. The Balaban J connectivity index is 2.05. The van der Waals surface area contributed by atoms with Crippen molar-refractivity contribution in [2.75, 3.05) is 6.54 Å². The summed E-state index contributed by atoms with van der Waals surface area (Å²) in [5.41, 5.74) is 7.31.